The van der Waals surface area contributed by atoms with Gasteiger partial charge in [0.25, 0.3) is 5.91 Å². The smallest absolute Gasteiger partial charge is 0.251 e. The number of hydrogen-bond donors (Lipinski definition) is 2. The van der Waals surface area contributed by atoms with Crippen molar-refractivity contribution in [2.24, 2.45) is 0 Å². The SMILES string of the molecule is CCN(CC)CCNC(=O)c1ccc(NC(=O)CCC(=O)n2ccc3ccccc32)cc1. The molecule has 0 atom stereocenters. The Morgan fingerprint density at radius 2 is 1.62 bits per heavy atom. The highest BCUT2D eigenvalue weighted by molar-refractivity contribution is 5.98. The highest BCUT2D eigenvalue weighted by Crippen LogP contribution is 2.16. The van der Waals surface area contributed by atoms with E-state index in [1.807, 2.05) is 30.3 Å². The van der Waals surface area contributed by atoms with E-state index in [1.54, 1.807) is 35.0 Å². The summed E-state index contributed by atoms with van der Waals surface area (Å²) in [5.41, 5.74) is 1.97. The number of anilines is 1. The summed E-state index contributed by atoms with van der Waals surface area (Å²) >= 11 is 0. The van der Waals surface area contributed by atoms with E-state index < -0.39 is 0 Å². The molecule has 168 valence electrons. The fourth-order valence-corrected chi connectivity index (χ4v) is 3.54. The molecule has 0 spiro atoms. The normalized spacial score (nSPS) is 11.0. The van der Waals surface area contributed by atoms with Crippen LogP contribution in [0.1, 0.15) is 41.8 Å². The van der Waals surface area contributed by atoms with Crippen LogP contribution in [0.4, 0.5) is 5.69 Å². The lowest BCUT2D eigenvalue weighted by molar-refractivity contribution is -0.116. The molecule has 0 bridgehead atoms. The Balaban J connectivity index is 1.46. The number of carbonyl (C=O) groups excluding carboxylic acids is 3. The second-order valence-electron chi connectivity index (χ2n) is 7.55. The average Bonchev–Trinajstić information content (AvgIpc) is 3.25. The van der Waals surface area contributed by atoms with Crippen molar-refractivity contribution in [2.45, 2.75) is 26.7 Å². The van der Waals surface area contributed by atoms with E-state index in [2.05, 4.69) is 29.4 Å². The number of hydrogen-bond acceptors (Lipinski definition) is 4. The third-order valence-electron chi connectivity index (χ3n) is 5.47. The van der Waals surface area contributed by atoms with Crippen LogP contribution in [0.5, 0.6) is 0 Å². The van der Waals surface area contributed by atoms with E-state index in [9.17, 15) is 14.4 Å². The molecule has 2 aromatic carbocycles. The van der Waals surface area contributed by atoms with Gasteiger partial charge in [-0.1, -0.05) is 32.0 Å². The van der Waals surface area contributed by atoms with Gasteiger partial charge >= 0.3 is 0 Å². The van der Waals surface area contributed by atoms with E-state index >= 15 is 0 Å². The standard InChI is InChI=1S/C25H30N4O3/c1-3-28(4-2)18-16-26-25(32)20-9-11-21(12-10-20)27-23(30)13-14-24(31)29-17-15-19-7-5-6-8-22(19)29/h5-12,15,17H,3-4,13-14,16,18H2,1-2H3,(H,26,32)(H,27,30). The first kappa shape index (κ1) is 23.2. The summed E-state index contributed by atoms with van der Waals surface area (Å²) in [4.78, 5) is 39.3. The van der Waals surface area contributed by atoms with Gasteiger partial charge in [0.05, 0.1) is 5.52 Å². The van der Waals surface area contributed by atoms with Gasteiger partial charge in [0.2, 0.25) is 11.8 Å². The lowest BCUT2D eigenvalue weighted by Crippen LogP contribution is -2.34. The quantitative estimate of drug-likeness (QED) is 0.509. The lowest BCUT2D eigenvalue weighted by Gasteiger charge is -2.18. The average molecular weight is 435 g/mol. The van der Waals surface area contributed by atoms with Gasteiger partial charge in [-0.25, -0.2) is 0 Å². The van der Waals surface area contributed by atoms with Crippen molar-refractivity contribution in [2.75, 3.05) is 31.5 Å². The topological polar surface area (TPSA) is 83.4 Å². The molecule has 0 saturated carbocycles. The number of nitrogens with zero attached hydrogens (tertiary/aromatic N) is 2. The van der Waals surface area contributed by atoms with Gasteiger partial charge in [-0.15, -0.1) is 0 Å². The number of amides is 2. The minimum absolute atomic E-state index is 0.0823. The van der Waals surface area contributed by atoms with Gasteiger partial charge in [0.1, 0.15) is 0 Å². The van der Waals surface area contributed by atoms with Gasteiger partial charge < -0.3 is 15.5 Å². The molecule has 7 heteroatoms. The largest absolute Gasteiger partial charge is 0.351 e. The Morgan fingerprint density at radius 3 is 2.34 bits per heavy atom. The van der Waals surface area contributed by atoms with Crippen LogP contribution in [0, 0.1) is 0 Å². The molecule has 2 amide bonds. The number of nitrogens with one attached hydrogen (secondary N) is 2. The van der Waals surface area contributed by atoms with Crippen molar-refractivity contribution >= 4 is 34.3 Å². The van der Waals surface area contributed by atoms with E-state index in [0.29, 0.717) is 17.8 Å². The minimum atomic E-state index is -0.244. The second-order valence-corrected chi connectivity index (χ2v) is 7.55. The molecular formula is C25H30N4O3. The first-order valence-corrected chi connectivity index (χ1v) is 11.0. The van der Waals surface area contributed by atoms with Crippen LogP contribution in [0.3, 0.4) is 0 Å². The monoisotopic (exact) mass is 434 g/mol. The fourth-order valence-electron chi connectivity index (χ4n) is 3.54. The van der Waals surface area contributed by atoms with E-state index in [-0.39, 0.29) is 30.6 Å². The number of aromatic nitrogens is 1. The predicted octanol–water partition coefficient (Wildman–Crippen LogP) is 3.77. The van der Waals surface area contributed by atoms with E-state index in [0.717, 1.165) is 30.5 Å². The molecule has 3 rings (SSSR count). The van der Waals surface area contributed by atoms with Crippen LogP contribution in [-0.2, 0) is 4.79 Å². The first-order valence-electron chi connectivity index (χ1n) is 11.0. The molecule has 0 unspecified atom stereocenters. The van der Waals surface area contributed by atoms with Crippen LogP contribution in [0.2, 0.25) is 0 Å². The maximum absolute atomic E-state index is 12.5. The molecule has 2 N–H and O–H groups in total. The summed E-state index contributed by atoms with van der Waals surface area (Å²) in [6.07, 6.45) is 1.92. The van der Waals surface area contributed by atoms with Crippen molar-refractivity contribution in [3.05, 3.63) is 66.4 Å². The number of likely N-dealkylation sites (N-methyl/N-ethyl adjacent to an activating group) is 1. The van der Waals surface area contributed by atoms with Crippen LogP contribution < -0.4 is 10.6 Å². The number of carbonyl (C=O) groups is 3. The minimum Gasteiger partial charge on any atom is -0.351 e. The summed E-state index contributed by atoms with van der Waals surface area (Å²) < 4.78 is 1.58. The highest BCUT2D eigenvalue weighted by Gasteiger charge is 2.12. The van der Waals surface area contributed by atoms with Gasteiger partial charge in [0.15, 0.2) is 0 Å². The predicted molar refractivity (Wildman–Crippen MR) is 127 cm³/mol. The van der Waals surface area contributed by atoms with Crippen LogP contribution in [0.25, 0.3) is 10.9 Å². The summed E-state index contributed by atoms with van der Waals surface area (Å²) in [5, 5.41) is 6.68. The Kier molecular flexibility index (Phi) is 8.16. The molecular weight excluding hydrogens is 404 g/mol. The Labute approximate surface area is 188 Å². The summed E-state index contributed by atoms with van der Waals surface area (Å²) in [6.45, 7) is 7.49. The van der Waals surface area contributed by atoms with Crippen LogP contribution >= 0.6 is 0 Å². The molecule has 0 radical (unpaired) electrons. The molecule has 0 aliphatic rings. The fraction of sp³-hybridized carbons (Fsp3) is 0.320. The first-order chi connectivity index (χ1) is 15.5. The Hall–Kier alpha value is -3.45. The summed E-state index contributed by atoms with van der Waals surface area (Å²) in [6, 6.07) is 16.3. The molecule has 1 heterocycles. The maximum atomic E-state index is 12.5. The van der Waals surface area contributed by atoms with Gasteiger partial charge in [0, 0.05) is 48.8 Å². The molecule has 0 aliphatic carbocycles. The zero-order chi connectivity index (χ0) is 22.9. The molecule has 0 aliphatic heterocycles. The van der Waals surface area contributed by atoms with Crippen molar-refractivity contribution in [3.63, 3.8) is 0 Å². The van der Waals surface area contributed by atoms with Crippen molar-refractivity contribution < 1.29 is 14.4 Å². The van der Waals surface area contributed by atoms with Crippen LogP contribution in [-0.4, -0.2) is 53.4 Å². The third-order valence-corrected chi connectivity index (χ3v) is 5.47. The molecule has 7 nitrogen and oxygen atoms in total. The molecule has 0 fully saturated rings. The number of para-hydroxylation sites is 1. The van der Waals surface area contributed by atoms with Crippen LogP contribution in [0.15, 0.2) is 60.8 Å². The number of rotatable bonds is 10. The van der Waals surface area contributed by atoms with Crippen molar-refractivity contribution in [1.29, 1.82) is 0 Å². The molecule has 32 heavy (non-hydrogen) atoms. The molecule has 0 saturated heterocycles. The van der Waals surface area contributed by atoms with Crippen molar-refractivity contribution in [1.82, 2.24) is 14.8 Å². The molecule has 3 aromatic rings. The zero-order valence-electron chi connectivity index (χ0n) is 18.6. The third kappa shape index (κ3) is 6.04. The lowest BCUT2D eigenvalue weighted by atomic mass is 10.2. The Bertz CT molecular complexity index is 1070. The van der Waals surface area contributed by atoms with Crippen molar-refractivity contribution in [3.8, 4) is 0 Å². The summed E-state index contributed by atoms with van der Waals surface area (Å²) in [7, 11) is 0. The zero-order valence-corrected chi connectivity index (χ0v) is 18.6. The van der Waals surface area contributed by atoms with Gasteiger partial charge in [-0.2, -0.15) is 0 Å². The van der Waals surface area contributed by atoms with Gasteiger partial charge in [-0.3, -0.25) is 19.0 Å². The van der Waals surface area contributed by atoms with E-state index in [4.69, 9.17) is 0 Å². The van der Waals surface area contributed by atoms with E-state index in [1.165, 1.54) is 0 Å². The highest BCUT2D eigenvalue weighted by atomic mass is 16.2. The number of fused-ring (bicyclic) bond motifs is 1. The van der Waals surface area contributed by atoms with Gasteiger partial charge in [-0.05, 0) is 49.5 Å². The molecule has 1 aromatic heterocycles. The number of benzene rings is 2. The summed E-state index contributed by atoms with van der Waals surface area (Å²) in [5.74, 6) is -0.510. The maximum Gasteiger partial charge on any atom is 0.251 e. The Morgan fingerprint density at radius 1 is 0.906 bits per heavy atom. The second kappa shape index (κ2) is 11.2.